The number of oxime groups is 1. The zero-order valence-electron chi connectivity index (χ0n) is 6.57. The van der Waals surface area contributed by atoms with Crippen molar-refractivity contribution in [1.29, 1.82) is 0 Å². The van der Waals surface area contributed by atoms with E-state index in [1.54, 1.807) is 13.0 Å². The molecule has 0 aromatic rings. The molecular weight excluding hydrogens is 146 g/mol. The van der Waals surface area contributed by atoms with Crippen molar-refractivity contribution in [2.24, 2.45) is 5.16 Å². The van der Waals surface area contributed by atoms with Crippen LogP contribution in [0.4, 0.5) is 0 Å². The summed E-state index contributed by atoms with van der Waals surface area (Å²) in [6.45, 7) is 3.29. The van der Waals surface area contributed by atoms with Crippen LogP contribution >= 0.6 is 0 Å². The first-order valence-corrected chi connectivity index (χ1v) is 3.14. The van der Waals surface area contributed by atoms with Crippen molar-refractivity contribution in [3.05, 3.63) is 11.6 Å². The number of carbonyl (C=O) groups is 1. The summed E-state index contributed by atoms with van der Waals surface area (Å²) in [4.78, 5) is 10.2. The van der Waals surface area contributed by atoms with Gasteiger partial charge in [0.2, 0.25) is 0 Å². The first-order chi connectivity index (χ1) is 5.16. The predicted octanol–water partition coefficient (Wildman–Crippen LogP) is 0.956. The molecule has 0 radical (unpaired) electrons. The number of rotatable bonds is 3. The van der Waals surface area contributed by atoms with Crippen LogP contribution in [-0.2, 0) is 9.53 Å². The summed E-state index contributed by atoms with van der Waals surface area (Å²) in [5, 5.41) is 10.9. The molecule has 0 aromatic carbocycles. The second kappa shape index (κ2) is 5.46. The minimum atomic E-state index is -0.324. The van der Waals surface area contributed by atoms with Crippen molar-refractivity contribution in [3.63, 3.8) is 0 Å². The molecule has 0 unspecified atom stereocenters. The van der Waals surface area contributed by atoms with Gasteiger partial charge < -0.3 is 9.94 Å². The summed E-state index contributed by atoms with van der Waals surface area (Å²) >= 11 is 0. The fourth-order valence-corrected chi connectivity index (χ4v) is 0.434. The number of carbonyl (C=O) groups excluding carboxylic acids is 1. The highest BCUT2D eigenvalue weighted by Gasteiger charge is 1.88. The Bertz CT molecular complexity index is 184. The van der Waals surface area contributed by atoms with E-state index in [4.69, 9.17) is 5.21 Å². The van der Waals surface area contributed by atoms with E-state index >= 15 is 0 Å². The van der Waals surface area contributed by atoms with Crippen molar-refractivity contribution in [3.8, 4) is 0 Å². The van der Waals surface area contributed by atoms with Crippen molar-refractivity contribution in [2.75, 3.05) is 6.61 Å². The largest absolute Gasteiger partial charge is 0.462 e. The van der Waals surface area contributed by atoms with Gasteiger partial charge in [-0.2, -0.15) is 0 Å². The van der Waals surface area contributed by atoms with E-state index < -0.39 is 0 Å². The van der Waals surface area contributed by atoms with E-state index in [1.807, 2.05) is 0 Å². The smallest absolute Gasteiger partial charge is 0.302 e. The molecule has 0 aliphatic carbocycles. The molecule has 0 spiro atoms. The molecule has 62 valence electrons. The Morgan fingerprint density at radius 2 is 2.27 bits per heavy atom. The number of hydrogen-bond acceptors (Lipinski definition) is 4. The maximum atomic E-state index is 10.2. The normalized spacial score (nSPS) is 12.0. The monoisotopic (exact) mass is 157 g/mol. The van der Waals surface area contributed by atoms with Crippen LogP contribution in [0.25, 0.3) is 0 Å². The van der Waals surface area contributed by atoms with Gasteiger partial charge in [0.25, 0.3) is 0 Å². The van der Waals surface area contributed by atoms with Crippen LogP contribution in [0.2, 0.25) is 0 Å². The van der Waals surface area contributed by atoms with Gasteiger partial charge in [-0.05, 0) is 18.6 Å². The highest BCUT2D eigenvalue weighted by molar-refractivity contribution is 5.77. The molecule has 4 heteroatoms. The van der Waals surface area contributed by atoms with Crippen LogP contribution in [0.5, 0.6) is 0 Å². The third kappa shape index (κ3) is 6.57. The van der Waals surface area contributed by atoms with Crippen molar-refractivity contribution < 1.29 is 14.7 Å². The Balaban J connectivity index is 3.64. The van der Waals surface area contributed by atoms with Crippen LogP contribution in [-0.4, -0.2) is 24.0 Å². The third-order valence-electron chi connectivity index (χ3n) is 0.953. The lowest BCUT2D eigenvalue weighted by atomic mass is 10.3. The molecule has 4 nitrogen and oxygen atoms in total. The maximum absolute atomic E-state index is 10.2. The Kier molecular flexibility index (Phi) is 4.81. The zero-order valence-corrected chi connectivity index (χ0v) is 6.57. The lowest BCUT2D eigenvalue weighted by Crippen LogP contribution is -1.98. The molecule has 0 fully saturated rings. The Hall–Kier alpha value is -1.32. The summed E-state index contributed by atoms with van der Waals surface area (Å²) in [5.41, 5.74) is 0.744. The van der Waals surface area contributed by atoms with E-state index in [-0.39, 0.29) is 12.6 Å². The molecule has 0 saturated heterocycles. The first-order valence-electron chi connectivity index (χ1n) is 3.14. The molecule has 0 heterocycles. The summed E-state index contributed by atoms with van der Waals surface area (Å²) in [6, 6.07) is 0. The quantitative estimate of drug-likeness (QED) is 0.287. The summed E-state index contributed by atoms with van der Waals surface area (Å²) in [7, 11) is 0. The molecular formula is C7H11NO3. The topological polar surface area (TPSA) is 58.9 Å². The highest BCUT2D eigenvalue weighted by Crippen LogP contribution is 1.87. The molecule has 0 bridgehead atoms. The molecule has 0 aliphatic heterocycles. The Labute approximate surface area is 65.2 Å². The van der Waals surface area contributed by atoms with Crippen LogP contribution < -0.4 is 0 Å². The van der Waals surface area contributed by atoms with Gasteiger partial charge in [-0.1, -0.05) is 5.16 Å². The summed E-state index contributed by atoms with van der Waals surface area (Å²) < 4.78 is 4.60. The third-order valence-corrected chi connectivity index (χ3v) is 0.953. The summed E-state index contributed by atoms with van der Waals surface area (Å²) in [6.07, 6.45) is 2.91. The fourth-order valence-electron chi connectivity index (χ4n) is 0.434. The molecule has 11 heavy (non-hydrogen) atoms. The SMILES string of the molecule is CC(=O)OC/C=C(C)/C=N/O. The molecule has 0 aromatic heterocycles. The number of esters is 1. The maximum Gasteiger partial charge on any atom is 0.302 e. The predicted molar refractivity (Wildman–Crippen MR) is 40.7 cm³/mol. The van der Waals surface area contributed by atoms with Gasteiger partial charge in [-0.25, -0.2) is 0 Å². The molecule has 0 atom stereocenters. The first kappa shape index (κ1) is 9.68. The number of allylic oxidation sites excluding steroid dienone is 1. The second-order valence-electron chi connectivity index (χ2n) is 2.00. The summed E-state index contributed by atoms with van der Waals surface area (Å²) in [5.74, 6) is -0.324. The van der Waals surface area contributed by atoms with Crippen LogP contribution in [0.1, 0.15) is 13.8 Å². The van der Waals surface area contributed by atoms with E-state index in [9.17, 15) is 4.79 Å². The zero-order chi connectivity index (χ0) is 8.69. The minimum absolute atomic E-state index is 0.215. The lowest BCUT2D eigenvalue weighted by Gasteiger charge is -1.95. The van der Waals surface area contributed by atoms with Gasteiger partial charge in [0, 0.05) is 6.92 Å². The van der Waals surface area contributed by atoms with E-state index in [2.05, 4.69) is 9.89 Å². The lowest BCUT2D eigenvalue weighted by molar-refractivity contribution is -0.139. The van der Waals surface area contributed by atoms with Gasteiger partial charge in [0.05, 0.1) is 6.21 Å². The molecule has 0 saturated carbocycles. The molecule has 0 aliphatic rings. The molecule has 0 amide bonds. The average molecular weight is 157 g/mol. The number of hydrogen-bond donors (Lipinski definition) is 1. The van der Waals surface area contributed by atoms with Gasteiger partial charge in [0.1, 0.15) is 6.61 Å². The Morgan fingerprint density at radius 1 is 1.64 bits per heavy atom. The second-order valence-corrected chi connectivity index (χ2v) is 2.00. The fraction of sp³-hybridized carbons (Fsp3) is 0.429. The highest BCUT2D eigenvalue weighted by atomic mass is 16.5. The standard InChI is InChI=1S/C7H11NO3/c1-6(5-8-10)3-4-11-7(2)9/h3,5,10H,4H2,1-2H3/b6-3+,8-5+. The van der Waals surface area contributed by atoms with E-state index in [0.29, 0.717) is 0 Å². The van der Waals surface area contributed by atoms with Crippen molar-refractivity contribution in [2.45, 2.75) is 13.8 Å². The van der Waals surface area contributed by atoms with Crippen molar-refractivity contribution in [1.82, 2.24) is 0 Å². The number of ether oxygens (including phenoxy) is 1. The minimum Gasteiger partial charge on any atom is -0.462 e. The molecule has 1 N–H and O–H groups in total. The van der Waals surface area contributed by atoms with Gasteiger partial charge in [-0.3, -0.25) is 4.79 Å². The van der Waals surface area contributed by atoms with Gasteiger partial charge in [0.15, 0.2) is 0 Å². The van der Waals surface area contributed by atoms with Crippen LogP contribution in [0.3, 0.4) is 0 Å². The van der Waals surface area contributed by atoms with Gasteiger partial charge in [-0.15, -0.1) is 0 Å². The van der Waals surface area contributed by atoms with E-state index in [0.717, 1.165) is 5.57 Å². The van der Waals surface area contributed by atoms with Crippen LogP contribution in [0, 0.1) is 0 Å². The number of nitrogens with zero attached hydrogens (tertiary/aromatic N) is 1. The van der Waals surface area contributed by atoms with E-state index in [1.165, 1.54) is 13.1 Å². The van der Waals surface area contributed by atoms with Gasteiger partial charge >= 0.3 is 5.97 Å². The van der Waals surface area contributed by atoms with Crippen molar-refractivity contribution >= 4 is 12.2 Å². The average Bonchev–Trinajstić information content (AvgIpc) is 1.87. The Morgan fingerprint density at radius 3 is 2.73 bits per heavy atom. The molecule has 0 rings (SSSR count). The van der Waals surface area contributed by atoms with Crippen LogP contribution in [0.15, 0.2) is 16.8 Å².